The van der Waals surface area contributed by atoms with Gasteiger partial charge in [0.15, 0.2) is 0 Å². The highest BCUT2D eigenvalue weighted by Crippen LogP contribution is 2.25. The van der Waals surface area contributed by atoms with Crippen molar-refractivity contribution >= 4 is 11.8 Å². The predicted octanol–water partition coefficient (Wildman–Crippen LogP) is 3.19. The van der Waals surface area contributed by atoms with Gasteiger partial charge >= 0.3 is 6.03 Å². The van der Waals surface area contributed by atoms with Crippen LogP contribution < -0.4 is 20.9 Å². The maximum Gasteiger partial charge on any atom is 0.320 e. The first kappa shape index (κ1) is 23.1. The maximum atomic E-state index is 12.6. The van der Waals surface area contributed by atoms with E-state index in [0.717, 1.165) is 17.0 Å². The molecule has 2 heterocycles. The molecule has 9 nitrogen and oxygen atoms in total. The standard InChI is InChI=1S/C23H30N6O3/c1-6-16-13-20(30)27-21(25-16)29-19(14-18(28-29)23(2,3)4)26-22(31)24-12-11-15-7-9-17(32-5)10-8-15/h7-10,13-14H,6,11-12H2,1-5H3,(H2,24,26,31)(H,25,27,30). The van der Waals surface area contributed by atoms with Gasteiger partial charge in [-0.1, -0.05) is 39.8 Å². The van der Waals surface area contributed by atoms with Crippen LogP contribution >= 0.6 is 0 Å². The van der Waals surface area contributed by atoms with E-state index in [2.05, 4.69) is 25.7 Å². The van der Waals surface area contributed by atoms with Crippen LogP contribution in [0.15, 0.2) is 41.2 Å². The summed E-state index contributed by atoms with van der Waals surface area (Å²) in [7, 11) is 1.63. The van der Waals surface area contributed by atoms with Crippen molar-refractivity contribution in [1.82, 2.24) is 25.1 Å². The van der Waals surface area contributed by atoms with Crippen molar-refractivity contribution in [3.8, 4) is 11.7 Å². The maximum absolute atomic E-state index is 12.6. The van der Waals surface area contributed by atoms with E-state index in [4.69, 9.17) is 4.74 Å². The molecule has 0 radical (unpaired) electrons. The molecule has 0 saturated carbocycles. The Bertz CT molecular complexity index is 1130. The van der Waals surface area contributed by atoms with Crippen molar-refractivity contribution in [2.45, 2.75) is 46.0 Å². The lowest BCUT2D eigenvalue weighted by Crippen LogP contribution is -2.31. The van der Waals surface area contributed by atoms with Gasteiger partial charge in [0.1, 0.15) is 11.6 Å². The Balaban J connectivity index is 1.75. The van der Waals surface area contributed by atoms with E-state index in [1.807, 2.05) is 52.0 Å². The average Bonchev–Trinajstić information content (AvgIpc) is 3.18. The van der Waals surface area contributed by atoms with Gasteiger partial charge in [-0.15, -0.1) is 0 Å². The summed E-state index contributed by atoms with van der Waals surface area (Å²) in [5, 5.41) is 10.3. The minimum absolute atomic E-state index is 0.255. The number of hydrogen-bond donors (Lipinski definition) is 3. The fourth-order valence-electron chi connectivity index (χ4n) is 3.05. The van der Waals surface area contributed by atoms with Crippen LogP contribution in [-0.2, 0) is 18.3 Å². The quantitative estimate of drug-likeness (QED) is 0.524. The number of rotatable bonds is 7. The number of carbonyl (C=O) groups is 1. The molecule has 3 aromatic rings. The Morgan fingerprint density at radius 3 is 2.53 bits per heavy atom. The fraction of sp³-hybridized carbons (Fsp3) is 0.391. The fourth-order valence-corrected chi connectivity index (χ4v) is 3.05. The summed E-state index contributed by atoms with van der Waals surface area (Å²) < 4.78 is 6.62. The average molecular weight is 439 g/mol. The van der Waals surface area contributed by atoms with Crippen molar-refractivity contribution in [3.63, 3.8) is 0 Å². The second-order valence-electron chi connectivity index (χ2n) is 8.47. The molecule has 3 rings (SSSR count). The third-order valence-corrected chi connectivity index (χ3v) is 4.92. The Labute approximate surface area is 187 Å². The third-order valence-electron chi connectivity index (χ3n) is 4.92. The zero-order chi connectivity index (χ0) is 23.3. The van der Waals surface area contributed by atoms with Crippen LogP contribution in [0.3, 0.4) is 0 Å². The van der Waals surface area contributed by atoms with Gasteiger partial charge in [-0.2, -0.15) is 9.78 Å². The van der Waals surface area contributed by atoms with Crippen LogP contribution in [0.1, 0.15) is 44.6 Å². The number of nitrogens with one attached hydrogen (secondary N) is 3. The molecule has 2 aromatic heterocycles. The van der Waals surface area contributed by atoms with Crippen LogP contribution in [0.5, 0.6) is 5.75 Å². The molecule has 0 saturated heterocycles. The smallest absolute Gasteiger partial charge is 0.320 e. The number of carbonyl (C=O) groups excluding carboxylic acids is 1. The molecule has 0 unspecified atom stereocenters. The van der Waals surface area contributed by atoms with Crippen LogP contribution in [0.25, 0.3) is 5.95 Å². The van der Waals surface area contributed by atoms with Crippen molar-refractivity contribution < 1.29 is 9.53 Å². The van der Waals surface area contributed by atoms with E-state index in [-0.39, 0.29) is 23.0 Å². The summed E-state index contributed by atoms with van der Waals surface area (Å²) in [6.45, 7) is 8.45. The Hall–Kier alpha value is -3.62. The molecule has 170 valence electrons. The molecule has 0 aliphatic rings. The highest BCUT2D eigenvalue weighted by atomic mass is 16.5. The first-order chi connectivity index (χ1) is 15.2. The van der Waals surface area contributed by atoms with Crippen LogP contribution in [-0.4, -0.2) is 39.4 Å². The first-order valence-corrected chi connectivity index (χ1v) is 10.6. The number of benzene rings is 1. The Morgan fingerprint density at radius 1 is 1.19 bits per heavy atom. The highest BCUT2D eigenvalue weighted by Gasteiger charge is 2.22. The van der Waals surface area contributed by atoms with Gasteiger partial charge in [0, 0.05) is 29.8 Å². The summed E-state index contributed by atoms with van der Waals surface area (Å²) in [6.07, 6.45) is 1.29. The minimum Gasteiger partial charge on any atom is -0.497 e. The van der Waals surface area contributed by atoms with Gasteiger partial charge in [-0.3, -0.25) is 15.1 Å². The largest absolute Gasteiger partial charge is 0.497 e. The number of ether oxygens (including phenoxy) is 1. The van der Waals surface area contributed by atoms with Crippen LogP contribution in [0.4, 0.5) is 10.6 Å². The highest BCUT2D eigenvalue weighted by molar-refractivity contribution is 5.88. The molecule has 2 amide bonds. The lowest BCUT2D eigenvalue weighted by molar-refractivity contribution is 0.252. The van der Waals surface area contributed by atoms with Crippen molar-refractivity contribution in [3.05, 3.63) is 63.7 Å². The Morgan fingerprint density at radius 2 is 1.91 bits per heavy atom. The van der Waals surface area contributed by atoms with Crippen LogP contribution in [0, 0.1) is 0 Å². The number of anilines is 1. The summed E-state index contributed by atoms with van der Waals surface area (Å²) in [5.74, 6) is 1.48. The second kappa shape index (κ2) is 9.67. The van der Waals surface area contributed by atoms with E-state index in [0.29, 0.717) is 30.9 Å². The van der Waals surface area contributed by atoms with E-state index in [9.17, 15) is 9.59 Å². The van der Waals surface area contributed by atoms with E-state index >= 15 is 0 Å². The van der Waals surface area contributed by atoms with Crippen LogP contribution in [0.2, 0.25) is 0 Å². The lowest BCUT2D eigenvalue weighted by atomic mass is 9.92. The van der Waals surface area contributed by atoms with E-state index in [1.54, 1.807) is 13.2 Å². The van der Waals surface area contributed by atoms with Crippen molar-refractivity contribution in [2.75, 3.05) is 19.0 Å². The normalized spacial score (nSPS) is 11.3. The number of aryl methyl sites for hydroxylation is 1. The Kier molecular flexibility index (Phi) is 6.97. The van der Waals surface area contributed by atoms with E-state index in [1.165, 1.54) is 10.7 Å². The van der Waals surface area contributed by atoms with Crippen molar-refractivity contribution in [1.29, 1.82) is 0 Å². The molecule has 0 bridgehead atoms. The lowest BCUT2D eigenvalue weighted by Gasteiger charge is -2.13. The molecule has 1 aromatic carbocycles. The van der Waals surface area contributed by atoms with Crippen molar-refractivity contribution in [2.24, 2.45) is 0 Å². The summed E-state index contributed by atoms with van der Waals surface area (Å²) in [5.41, 5.74) is 1.97. The summed E-state index contributed by atoms with van der Waals surface area (Å²) in [6, 6.07) is 10.6. The SMILES string of the molecule is CCc1cc(=O)[nH]c(-n2nc(C(C)(C)C)cc2NC(=O)NCCc2ccc(OC)cc2)n1. The number of H-pyrrole nitrogens is 1. The molecule has 0 aliphatic heterocycles. The zero-order valence-electron chi connectivity index (χ0n) is 19.2. The molecular weight excluding hydrogens is 408 g/mol. The minimum atomic E-state index is -0.367. The molecule has 0 fully saturated rings. The number of methoxy groups -OCH3 is 1. The zero-order valence-corrected chi connectivity index (χ0v) is 19.2. The molecule has 9 heteroatoms. The van der Waals surface area contributed by atoms with Gasteiger partial charge in [0.25, 0.3) is 5.56 Å². The van der Waals surface area contributed by atoms with Gasteiger partial charge < -0.3 is 10.1 Å². The number of aromatic amines is 1. The van der Waals surface area contributed by atoms with Gasteiger partial charge in [-0.25, -0.2) is 9.78 Å². The monoisotopic (exact) mass is 438 g/mol. The van der Waals surface area contributed by atoms with Gasteiger partial charge in [0.2, 0.25) is 5.95 Å². The van der Waals surface area contributed by atoms with Gasteiger partial charge in [-0.05, 0) is 30.5 Å². The number of urea groups is 1. The molecule has 0 spiro atoms. The molecule has 0 atom stereocenters. The molecule has 0 aliphatic carbocycles. The number of nitrogens with zero attached hydrogens (tertiary/aromatic N) is 3. The van der Waals surface area contributed by atoms with Gasteiger partial charge in [0.05, 0.1) is 12.8 Å². The molecular formula is C23H30N6O3. The topological polar surface area (TPSA) is 114 Å². The summed E-state index contributed by atoms with van der Waals surface area (Å²) >= 11 is 0. The predicted molar refractivity (Wildman–Crippen MR) is 124 cm³/mol. The second-order valence-corrected chi connectivity index (χ2v) is 8.47. The first-order valence-electron chi connectivity index (χ1n) is 10.6. The number of amides is 2. The molecule has 32 heavy (non-hydrogen) atoms. The molecule has 3 N–H and O–H groups in total. The number of hydrogen-bond acceptors (Lipinski definition) is 5. The third kappa shape index (κ3) is 5.75. The number of aromatic nitrogens is 4. The summed E-state index contributed by atoms with van der Waals surface area (Å²) in [4.78, 5) is 31.8. The van der Waals surface area contributed by atoms with E-state index < -0.39 is 0 Å².